The Morgan fingerprint density at radius 3 is 2.73 bits per heavy atom. The molecule has 0 saturated carbocycles. The van der Waals surface area contributed by atoms with Crippen LogP contribution in [0.3, 0.4) is 0 Å². The third-order valence-corrected chi connectivity index (χ3v) is 2.75. The van der Waals surface area contributed by atoms with Gasteiger partial charge in [-0.15, -0.1) is 11.6 Å². The second-order valence-corrected chi connectivity index (χ2v) is 3.82. The van der Waals surface area contributed by atoms with E-state index in [2.05, 4.69) is 13.0 Å². The smallest absolute Gasteiger partial charge is 0.122 e. The number of hydrogen-bond acceptors (Lipinski definition) is 2. The lowest BCUT2D eigenvalue weighted by atomic mass is 10.0. The number of rotatable bonds is 5. The number of ether oxygens (including phenoxy) is 1. The fourth-order valence-corrected chi connectivity index (χ4v) is 1.60. The van der Waals surface area contributed by atoms with E-state index < -0.39 is 6.10 Å². The van der Waals surface area contributed by atoms with E-state index in [0.29, 0.717) is 6.42 Å². The van der Waals surface area contributed by atoms with Crippen LogP contribution in [0.25, 0.3) is 0 Å². The summed E-state index contributed by atoms with van der Waals surface area (Å²) in [6.45, 7) is 2.10. The van der Waals surface area contributed by atoms with Crippen LogP contribution in [0.2, 0.25) is 0 Å². The molecular weight excluding hydrogens is 212 g/mol. The quantitative estimate of drug-likeness (QED) is 0.785. The predicted molar refractivity (Wildman–Crippen MR) is 62.8 cm³/mol. The first-order valence-electron chi connectivity index (χ1n) is 5.11. The molecule has 15 heavy (non-hydrogen) atoms. The number of benzene rings is 1. The van der Waals surface area contributed by atoms with Gasteiger partial charge in [0.05, 0.1) is 13.2 Å². The van der Waals surface area contributed by atoms with Gasteiger partial charge in [-0.1, -0.05) is 19.1 Å². The number of aryl methyl sites for hydroxylation is 1. The van der Waals surface area contributed by atoms with Crippen molar-refractivity contribution in [1.29, 1.82) is 0 Å². The first-order chi connectivity index (χ1) is 7.21. The zero-order valence-corrected chi connectivity index (χ0v) is 9.92. The number of halogens is 1. The molecule has 0 spiro atoms. The number of hydrogen-bond donors (Lipinski definition) is 1. The summed E-state index contributed by atoms with van der Waals surface area (Å²) in [7, 11) is 1.64. The third-order valence-electron chi connectivity index (χ3n) is 2.39. The molecule has 2 nitrogen and oxygen atoms in total. The van der Waals surface area contributed by atoms with Crippen molar-refractivity contribution in [3.63, 3.8) is 0 Å². The molecule has 0 radical (unpaired) electrons. The van der Waals surface area contributed by atoms with Crippen molar-refractivity contribution >= 4 is 11.6 Å². The molecule has 1 atom stereocenters. The van der Waals surface area contributed by atoms with E-state index in [1.807, 2.05) is 12.1 Å². The lowest BCUT2D eigenvalue weighted by Crippen LogP contribution is -2.12. The maximum atomic E-state index is 9.47. The first kappa shape index (κ1) is 12.3. The lowest BCUT2D eigenvalue weighted by molar-refractivity contribution is 0.197. The molecule has 0 fully saturated rings. The Balaban J connectivity index is 2.87. The van der Waals surface area contributed by atoms with Gasteiger partial charge in [0.1, 0.15) is 5.75 Å². The Morgan fingerprint density at radius 1 is 1.47 bits per heavy atom. The molecule has 1 aromatic rings. The molecule has 3 heteroatoms. The van der Waals surface area contributed by atoms with E-state index in [4.69, 9.17) is 16.3 Å². The van der Waals surface area contributed by atoms with Crippen molar-refractivity contribution in [3.05, 3.63) is 29.3 Å². The second kappa shape index (κ2) is 5.99. The topological polar surface area (TPSA) is 29.5 Å². The Hall–Kier alpha value is -0.730. The summed E-state index contributed by atoms with van der Waals surface area (Å²) >= 11 is 5.57. The molecule has 0 aliphatic rings. The number of aliphatic hydroxyl groups is 1. The van der Waals surface area contributed by atoms with Crippen LogP contribution in [0.15, 0.2) is 18.2 Å². The Labute approximate surface area is 95.8 Å². The summed E-state index contributed by atoms with van der Waals surface area (Å²) in [6.07, 6.45) is 1.01. The first-order valence-corrected chi connectivity index (χ1v) is 5.64. The predicted octanol–water partition coefficient (Wildman–Crippen LogP) is 2.40. The van der Waals surface area contributed by atoms with Crippen LogP contribution in [0.1, 0.15) is 18.1 Å². The van der Waals surface area contributed by atoms with Crippen LogP contribution in [-0.4, -0.2) is 24.2 Å². The SMILES string of the molecule is CCc1ccc(C[C@@H](O)CCl)c(OC)c1. The molecule has 0 unspecified atom stereocenters. The van der Waals surface area contributed by atoms with Gasteiger partial charge in [-0.25, -0.2) is 0 Å². The van der Waals surface area contributed by atoms with E-state index in [1.165, 1.54) is 5.56 Å². The van der Waals surface area contributed by atoms with Crippen LogP contribution in [-0.2, 0) is 12.8 Å². The molecule has 0 heterocycles. The monoisotopic (exact) mass is 228 g/mol. The van der Waals surface area contributed by atoms with Gasteiger partial charge in [0.25, 0.3) is 0 Å². The summed E-state index contributed by atoms with van der Waals surface area (Å²) in [5, 5.41) is 9.47. The average Bonchev–Trinajstić information content (AvgIpc) is 2.29. The molecule has 0 aliphatic carbocycles. The van der Waals surface area contributed by atoms with Gasteiger partial charge >= 0.3 is 0 Å². The maximum absolute atomic E-state index is 9.47. The lowest BCUT2D eigenvalue weighted by Gasteiger charge is -2.12. The molecule has 1 aromatic carbocycles. The van der Waals surface area contributed by atoms with Gasteiger partial charge in [0, 0.05) is 12.3 Å². The van der Waals surface area contributed by atoms with Crippen LogP contribution in [0, 0.1) is 0 Å². The summed E-state index contributed by atoms with van der Waals surface area (Å²) in [4.78, 5) is 0. The standard InChI is InChI=1S/C12H17ClO2/c1-3-9-4-5-10(7-11(14)8-13)12(6-9)15-2/h4-6,11,14H,3,7-8H2,1-2H3/t11-/m1/s1. The van der Waals surface area contributed by atoms with Crippen molar-refractivity contribution in [2.24, 2.45) is 0 Å². The van der Waals surface area contributed by atoms with Crippen molar-refractivity contribution in [3.8, 4) is 5.75 Å². The highest BCUT2D eigenvalue weighted by Gasteiger charge is 2.09. The highest BCUT2D eigenvalue weighted by Crippen LogP contribution is 2.22. The van der Waals surface area contributed by atoms with Crippen LogP contribution < -0.4 is 4.74 Å². The minimum absolute atomic E-state index is 0.249. The highest BCUT2D eigenvalue weighted by molar-refractivity contribution is 6.18. The number of alkyl halides is 1. The Kier molecular flexibility index (Phi) is 4.92. The number of methoxy groups -OCH3 is 1. The summed E-state index contributed by atoms with van der Waals surface area (Å²) in [6, 6.07) is 6.06. The van der Waals surface area contributed by atoms with Crippen LogP contribution >= 0.6 is 11.6 Å². The van der Waals surface area contributed by atoms with E-state index in [0.717, 1.165) is 17.7 Å². The van der Waals surface area contributed by atoms with Gasteiger partial charge in [-0.05, 0) is 23.6 Å². The zero-order valence-electron chi connectivity index (χ0n) is 9.16. The molecule has 1 rings (SSSR count). The van der Waals surface area contributed by atoms with Crippen LogP contribution in [0.4, 0.5) is 0 Å². The van der Waals surface area contributed by atoms with Crippen LogP contribution in [0.5, 0.6) is 5.75 Å². The third kappa shape index (κ3) is 3.40. The van der Waals surface area contributed by atoms with Gasteiger partial charge in [0.15, 0.2) is 0 Å². The fraction of sp³-hybridized carbons (Fsp3) is 0.500. The average molecular weight is 229 g/mol. The minimum atomic E-state index is -0.506. The van der Waals surface area contributed by atoms with Gasteiger partial charge in [-0.2, -0.15) is 0 Å². The molecule has 0 aliphatic heterocycles. The molecule has 1 N–H and O–H groups in total. The second-order valence-electron chi connectivity index (χ2n) is 3.51. The Morgan fingerprint density at radius 2 is 2.20 bits per heavy atom. The number of aliphatic hydroxyl groups excluding tert-OH is 1. The normalized spacial score (nSPS) is 12.5. The van der Waals surface area contributed by atoms with E-state index in [1.54, 1.807) is 7.11 Å². The minimum Gasteiger partial charge on any atom is -0.496 e. The van der Waals surface area contributed by atoms with Crippen molar-refractivity contribution in [1.82, 2.24) is 0 Å². The maximum Gasteiger partial charge on any atom is 0.122 e. The fourth-order valence-electron chi connectivity index (χ4n) is 1.49. The van der Waals surface area contributed by atoms with Crippen molar-refractivity contribution < 1.29 is 9.84 Å². The van der Waals surface area contributed by atoms with Gasteiger partial charge in [0.2, 0.25) is 0 Å². The summed E-state index contributed by atoms with van der Waals surface area (Å²) in [5.74, 6) is 1.08. The van der Waals surface area contributed by atoms with Gasteiger partial charge < -0.3 is 9.84 Å². The molecule has 0 amide bonds. The molecule has 0 bridgehead atoms. The zero-order chi connectivity index (χ0) is 11.3. The molecular formula is C12H17ClO2. The Bertz CT molecular complexity index is 312. The summed E-state index contributed by atoms with van der Waals surface area (Å²) in [5.41, 5.74) is 2.24. The molecule has 0 saturated heterocycles. The largest absolute Gasteiger partial charge is 0.496 e. The van der Waals surface area contributed by atoms with E-state index in [9.17, 15) is 5.11 Å². The highest BCUT2D eigenvalue weighted by atomic mass is 35.5. The van der Waals surface area contributed by atoms with E-state index >= 15 is 0 Å². The van der Waals surface area contributed by atoms with E-state index in [-0.39, 0.29) is 5.88 Å². The van der Waals surface area contributed by atoms with Crippen molar-refractivity contribution in [2.75, 3.05) is 13.0 Å². The van der Waals surface area contributed by atoms with Crippen molar-refractivity contribution in [2.45, 2.75) is 25.9 Å². The molecule has 0 aromatic heterocycles. The summed E-state index contributed by atoms with van der Waals surface area (Å²) < 4.78 is 5.28. The molecule has 84 valence electrons. The van der Waals surface area contributed by atoms with Gasteiger partial charge in [-0.3, -0.25) is 0 Å².